The molecule has 1 aliphatic rings. The normalized spacial score (nSPS) is 17.4. The van der Waals surface area contributed by atoms with Gasteiger partial charge in [0, 0.05) is 49.2 Å². The lowest BCUT2D eigenvalue weighted by atomic mass is 10.1. The summed E-state index contributed by atoms with van der Waals surface area (Å²) in [5.74, 6) is 0.317. The van der Waals surface area contributed by atoms with E-state index in [0.717, 1.165) is 17.0 Å². The fourth-order valence-electron chi connectivity index (χ4n) is 3.70. The molecule has 7 heteroatoms. The van der Waals surface area contributed by atoms with Crippen LogP contribution in [0.1, 0.15) is 55.0 Å². The monoisotopic (exact) mass is 369 g/mol. The number of aromatic nitrogens is 1. The van der Waals surface area contributed by atoms with Crippen molar-refractivity contribution >= 4 is 15.8 Å². The third-order valence-electron chi connectivity index (χ3n) is 4.86. The Balaban J connectivity index is 1.99. The molecule has 1 saturated heterocycles. The number of hydrogen-bond donors (Lipinski definition) is 0. The summed E-state index contributed by atoms with van der Waals surface area (Å²) >= 11 is 0. The van der Waals surface area contributed by atoms with E-state index in [1.807, 2.05) is 26.8 Å². The molecule has 1 fully saturated rings. The molecular formula is C18H31N3O3S. The smallest absolute Gasteiger partial charge is 0.214 e. The number of sulfonamides is 1. The fraction of sp³-hybridized carbons (Fsp3) is 0.722. The lowest BCUT2D eigenvalue weighted by Crippen LogP contribution is -2.50. The predicted molar refractivity (Wildman–Crippen MR) is 101 cm³/mol. The van der Waals surface area contributed by atoms with Gasteiger partial charge in [0.15, 0.2) is 5.78 Å². The highest BCUT2D eigenvalue weighted by Gasteiger charge is 2.27. The molecule has 6 nitrogen and oxygen atoms in total. The van der Waals surface area contributed by atoms with Crippen molar-refractivity contribution in [3.63, 3.8) is 0 Å². The first-order valence-electron chi connectivity index (χ1n) is 9.09. The van der Waals surface area contributed by atoms with E-state index in [1.54, 1.807) is 4.31 Å². The number of aryl methyl sites for hydroxylation is 1. The lowest BCUT2D eigenvalue weighted by Gasteiger charge is -2.33. The van der Waals surface area contributed by atoms with Crippen molar-refractivity contribution in [1.82, 2.24) is 13.8 Å². The first-order chi connectivity index (χ1) is 11.7. The Morgan fingerprint density at radius 2 is 1.76 bits per heavy atom. The van der Waals surface area contributed by atoms with Crippen LogP contribution < -0.4 is 0 Å². The molecule has 25 heavy (non-hydrogen) atoms. The molecule has 0 radical (unpaired) electrons. The number of rotatable bonds is 7. The highest BCUT2D eigenvalue weighted by molar-refractivity contribution is 7.89. The number of nitrogens with zero attached hydrogens (tertiary/aromatic N) is 3. The molecule has 2 rings (SSSR count). The van der Waals surface area contributed by atoms with Gasteiger partial charge in [0.25, 0.3) is 0 Å². The highest BCUT2D eigenvalue weighted by Crippen LogP contribution is 2.21. The van der Waals surface area contributed by atoms with Crippen LogP contribution in [0.3, 0.4) is 0 Å². The Hall–Kier alpha value is -1.18. The summed E-state index contributed by atoms with van der Waals surface area (Å²) < 4.78 is 28.0. The minimum atomic E-state index is -3.14. The summed E-state index contributed by atoms with van der Waals surface area (Å²) in [6, 6.07) is 2.30. The molecule has 0 bridgehead atoms. The van der Waals surface area contributed by atoms with Crippen LogP contribution in [-0.4, -0.2) is 66.4 Å². The molecule has 2 heterocycles. The molecule has 0 aromatic carbocycles. The summed E-state index contributed by atoms with van der Waals surface area (Å²) in [5, 5.41) is 0. The number of carbonyl (C=O) groups is 1. The van der Waals surface area contributed by atoms with Crippen molar-refractivity contribution < 1.29 is 13.2 Å². The van der Waals surface area contributed by atoms with Crippen molar-refractivity contribution in [2.75, 3.05) is 38.5 Å². The van der Waals surface area contributed by atoms with Crippen molar-refractivity contribution in [1.29, 1.82) is 0 Å². The average molecular weight is 370 g/mol. The summed E-state index contributed by atoms with van der Waals surface area (Å²) in [6.45, 7) is 12.6. The van der Waals surface area contributed by atoms with Crippen LogP contribution >= 0.6 is 0 Å². The predicted octanol–water partition coefficient (Wildman–Crippen LogP) is 2.23. The number of Topliss-reactive ketones (excluding diaryl/α,β-unsaturated/α-hetero) is 1. The minimum Gasteiger partial charge on any atom is -0.346 e. The molecule has 0 saturated carbocycles. The second-order valence-corrected chi connectivity index (χ2v) is 9.25. The zero-order valence-electron chi connectivity index (χ0n) is 16.1. The topological polar surface area (TPSA) is 62.6 Å². The zero-order chi connectivity index (χ0) is 18.8. The number of piperazine rings is 1. The van der Waals surface area contributed by atoms with E-state index in [0.29, 0.717) is 45.2 Å². The first-order valence-corrected chi connectivity index (χ1v) is 10.7. The third kappa shape index (κ3) is 4.51. The summed E-state index contributed by atoms with van der Waals surface area (Å²) in [6.07, 6.45) is 0.631. The Morgan fingerprint density at radius 1 is 1.16 bits per heavy atom. The van der Waals surface area contributed by atoms with Crippen LogP contribution in [0.25, 0.3) is 0 Å². The lowest BCUT2D eigenvalue weighted by molar-refractivity contribution is 0.0901. The second-order valence-electron chi connectivity index (χ2n) is 7.16. The van der Waals surface area contributed by atoms with Gasteiger partial charge in [-0.3, -0.25) is 9.69 Å². The van der Waals surface area contributed by atoms with Crippen molar-refractivity contribution in [3.05, 3.63) is 23.0 Å². The molecule has 0 aliphatic carbocycles. The Bertz CT molecular complexity index is 714. The average Bonchev–Trinajstić information content (AvgIpc) is 2.82. The van der Waals surface area contributed by atoms with Crippen LogP contribution in [0.5, 0.6) is 0 Å². The molecule has 1 aromatic rings. The van der Waals surface area contributed by atoms with Crippen LogP contribution in [0.15, 0.2) is 6.07 Å². The van der Waals surface area contributed by atoms with Crippen LogP contribution in [-0.2, 0) is 10.0 Å². The molecule has 142 valence electrons. The van der Waals surface area contributed by atoms with Crippen molar-refractivity contribution in [2.24, 2.45) is 0 Å². The van der Waals surface area contributed by atoms with E-state index < -0.39 is 10.0 Å². The van der Waals surface area contributed by atoms with Gasteiger partial charge in [0.05, 0.1) is 12.3 Å². The van der Waals surface area contributed by atoms with Crippen LogP contribution in [0.2, 0.25) is 0 Å². The van der Waals surface area contributed by atoms with E-state index >= 15 is 0 Å². The molecule has 0 amide bonds. The molecular weight excluding hydrogens is 338 g/mol. The van der Waals surface area contributed by atoms with Crippen molar-refractivity contribution in [2.45, 2.75) is 47.1 Å². The van der Waals surface area contributed by atoms with Gasteiger partial charge in [-0.25, -0.2) is 8.42 Å². The van der Waals surface area contributed by atoms with E-state index in [1.165, 1.54) is 0 Å². The van der Waals surface area contributed by atoms with Gasteiger partial charge in [0.1, 0.15) is 0 Å². The van der Waals surface area contributed by atoms with Gasteiger partial charge in [0.2, 0.25) is 10.0 Å². The largest absolute Gasteiger partial charge is 0.346 e. The summed E-state index contributed by atoms with van der Waals surface area (Å²) in [5.41, 5.74) is 2.90. The molecule has 1 aliphatic heterocycles. The maximum Gasteiger partial charge on any atom is 0.214 e. The first kappa shape index (κ1) is 20.1. The molecule has 0 atom stereocenters. The quantitative estimate of drug-likeness (QED) is 0.692. The van der Waals surface area contributed by atoms with E-state index in [2.05, 4.69) is 23.3 Å². The van der Waals surface area contributed by atoms with E-state index in [4.69, 9.17) is 0 Å². The molecule has 0 spiro atoms. The van der Waals surface area contributed by atoms with Gasteiger partial charge in [-0.1, -0.05) is 6.92 Å². The summed E-state index contributed by atoms with van der Waals surface area (Å²) in [4.78, 5) is 14.8. The Morgan fingerprint density at radius 3 is 2.24 bits per heavy atom. The Kier molecular flexibility index (Phi) is 6.45. The fourth-order valence-corrected chi connectivity index (χ4v) is 5.19. The standard InChI is InChI=1S/C18H31N3O3S/c1-6-11-25(23,24)20-9-7-19(8-10-20)13-18(22)17-12-15(4)21(14(2)3)16(17)5/h12,14H,6-11,13H2,1-5H3. The summed E-state index contributed by atoms with van der Waals surface area (Å²) in [7, 11) is -3.14. The maximum absolute atomic E-state index is 12.7. The number of hydrogen-bond acceptors (Lipinski definition) is 4. The zero-order valence-corrected chi connectivity index (χ0v) is 16.9. The van der Waals surface area contributed by atoms with Gasteiger partial charge in [-0.2, -0.15) is 4.31 Å². The minimum absolute atomic E-state index is 0.116. The van der Waals surface area contributed by atoms with E-state index in [-0.39, 0.29) is 11.5 Å². The number of carbonyl (C=O) groups excluding carboxylic acids is 1. The third-order valence-corrected chi connectivity index (χ3v) is 6.93. The van der Waals surface area contributed by atoms with Crippen LogP contribution in [0, 0.1) is 13.8 Å². The van der Waals surface area contributed by atoms with E-state index in [9.17, 15) is 13.2 Å². The maximum atomic E-state index is 12.7. The SMILES string of the molecule is CCCS(=O)(=O)N1CCN(CC(=O)c2cc(C)n(C(C)C)c2C)CC1. The highest BCUT2D eigenvalue weighted by atomic mass is 32.2. The van der Waals surface area contributed by atoms with Gasteiger partial charge in [-0.15, -0.1) is 0 Å². The van der Waals surface area contributed by atoms with Crippen LogP contribution in [0.4, 0.5) is 0 Å². The van der Waals surface area contributed by atoms with Gasteiger partial charge in [-0.05, 0) is 40.2 Å². The molecule has 0 unspecified atom stereocenters. The van der Waals surface area contributed by atoms with Gasteiger partial charge < -0.3 is 4.57 Å². The molecule has 0 N–H and O–H groups in total. The van der Waals surface area contributed by atoms with Gasteiger partial charge >= 0.3 is 0 Å². The number of ketones is 1. The van der Waals surface area contributed by atoms with Crippen molar-refractivity contribution in [3.8, 4) is 0 Å². The Labute approximate surface area is 151 Å². The molecule has 1 aromatic heterocycles. The second kappa shape index (κ2) is 8.01.